The number of morpholine rings is 1. The van der Waals surface area contributed by atoms with Crippen LogP contribution >= 0.6 is 0 Å². The Labute approximate surface area is 189 Å². The van der Waals surface area contributed by atoms with Gasteiger partial charge in [-0.3, -0.25) is 9.69 Å². The van der Waals surface area contributed by atoms with Crippen molar-refractivity contribution in [2.75, 3.05) is 31.6 Å². The van der Waals surface area contributed by atoms with Crippen LogP contribution < -0.4 is 5.32 Å². The molecule has 0 aliphatic carbocycles. The van der Waals surface area contributed by atoms with Crippen molar-refractivity contribution in [3.63, 3.8) is 0 Å². The predicted molar refractivity (Wildman–Crippen MR) is 127 cm³/mol. The summed E-state index contributed by atoms with van der Waals surface area (Å²) >= 11 is 0. The van der Waals surface area contributed by atoms with Crippen molar-refractivity contribution in [3.05, 3.63) is 82.9 Å². The topological polar surface area (TPSA) is 54.5 Å². The lowest BCUT2D eigenvalue weighted by Crippen LogP contribution is -2.35. The quantitative estimate of drug-likeness (QED) is 0.635. The second kappa shape index (κ2) is 10.2. The fourth-order valence-electron chi connectivity index (χ4n) is 3.56. The fraction of sp³-hybridized carbons (Fsp3) is 0.259. The SMILES string of the molecule is CC(=O)Nc1nc(-c2ccc(C#Cc3ccc(CN4CCOCC4)cc3)cc2)ccc1C. The van der Waals surface area contributed by atoms with E-state index < -0.39 is 0 Å². The number of amides is 1. The summed E-state index contributed by atoms with van der Waals surface area (Å²) in [6, 6.07) is 20.4. The molecule has 0 bridgehead atoms. The van der Waals surface area contributed by atoms with Gasteiger partial charge in [-0.1, -0.05) is 42.2 Å². The summed E-state index contributed by atoms with van der Waals surface area (Å²) in [6.07, 6.45) is 0. The maximum absolute atomic E-state index is 11.4. The van der Waals surface area contributed by atoms with E-state index >= 15 is 0 Å². The molecular formula is C27H27N3O2. The van der Waals surface area contributed by atoms with Crippen molar-refractivity contribution >= 4 is 11.7 Å². The summed E-state index contributed by atoms with van der Waals surface area (Å²) in [5, 5.41) is 2.78. The van der Waals surface area contributed by atoms with Crippen molar-refractivity contribution in [1.82, 2.24) is 9.88 Å². The van der Waals surface area contributed by atoms with Crippen LogP contribution in [0, 0.1) is 18.8 Å². The molecule has 0 unspecified atom stereocenters. The maximum Gasteiger partial charge on any atom is 0.222 e. The summed E-state index contributed by atoms with van der Waals surface area (Å²) in [4.78, 5) is 18.4. The summed E-state index contributed by atoms with van der Waals surface area (Å²) in [7, 11) is 0. The van der Waals surface area contributed by atoms with Gasteiger partial charge in [0, 0.05) is 43.2 Å². The average molecular weight is 426 g/mol. The monoisotopic (exact) mass is 425 g/mol. The molecule has 4 rings (SSSR count). The number of aromatic nitrogens is 1. The molecule has 0 saturated carbocycles. The maximum atomic E-state index is 11.4. The first-order valence-corrected chi connectivity index (χ1v) is 10.8. The van der Waals surface area contributed by atoms with E-state index in [1.54, 1.807) is 0 Å². The zero-order valence-corrected chi connectivity index (χ0v) is 18.5. The lowest BCUT2D eigenvalue weighted by molar-refractivity contribution is -0.114. The molecule has 0 atom stereocenters. The van der Waals surface area contributed by atoms with E-state index in [4.69, 9.17) is 4.74 Å². The Balaban J connectivity index is 1.42. The van der Waals surface area contributed by atoms with Crippen LogP contribution in [0.4, 0.5) is 5.82 Å². The fourth-order valence-corrected chi connectivity index (χ4v) is 3.56. The van der Waals surface area contributed by atoms with Gasteiger partial charge in [0.2, 0.25) is 5.91 Å². The number of anilines is 1. The zero-order chi connectivity index (χ0) is 22.3. The third-order valence-corrected chi connectivity index (χ3v) is 5.39. The molecule has 2 heterocycles. The van der Waals surface area contributed by atoms with Crippen molar-refractivity contribution in [2.24, 2.45) is 0 Å². The van der Waals surface area contributed by atoms with Gasteiger partial charge in [0.05, 0.1) is 18.9 Å². The lowest BCUT2D eigenvalue weighted by atomic mass is 10.1. The van der Waals surface area contributed by atoms with Crippen LogP contribution in [-0.2, 0) is 16.1 Å². The highest BCUT2D eigenvalue weighted by Gasteiger charge is 2.10. The third-order valence-electron chi connectivity index (χ3n) is 5.39. The van der Waals surface area contributed by atoms with Crippen LogP contribution in [0.2, 0.25) is 0 Å². The molecule has 1 aromatic heterocycles. The molecule has 32 heavy (non-hydrogen) atoms. The minimum atomic E-state index is -0.127. The Morgan fingerprint density at radius 1 is 0.969 bits per heavy atom. The van der Waals surface area contributed by atoms with E-state index in [0.717, 1.165) is 60.8 Å². The number of nitrogens with zero attached hydrogens (tertiary/aromatic N) is 2. The number of ether oxygens (including phenoxy) is 1. The third kappa shape index (κ3) is 5.82. The van der Waals surface area contributed by atoms with Crippen molar-refractivity contribution in [3.8, 4) is 23.1 Å². The normalized spacial score (nSPS) is 13.8. The van der Waals surface area contributed by atoms with Gasteiger partial charge in [-0.15, -0.1) is 0 Å². The number of carbonyl (C=O) groups is 1. The molecule has 162 valence electrons. The molecule has 1 saturated heterocycles. The van der Waals surface area contributed by atoms with Crippen LogP contribution in [0.3, 0.4) is 0 Å². The van der Waals surface area contributed by atoms with Crippen LogP contribution in [0.1, 0.15) is 29.2 Å². The molecule has 1 aliphatic heterocycles. The Bertz CT molecular complexity index is 1140. The minimum absolute atomic E-state index is 0.127. The number of rotatable bonds is 4. The van der Waals surface area contributed by atoms with Crippen LogP contribution in [0.15, 0.2) is 60.7 Å². The van der Waals surface area contributed by atoms with Gasteiger partial charge in [-0.2, -0.15) is 0 Å². The number of hydrogen-bond donors (Lipinski definition) is 1. The van der Waals surface area contributed by atoms with E-state index in [9.17, 15) is 4.79 Å². The van der Waals surface area contributed by atoms with E-state index in [-0.39, 0.29) is 5.91 Å². The van der Waals surface area contributed by atoms with Crippen LogP contribution in [0.5, 0.6) is 0 Å². The molecule has 1 fully saturated rings. The van der Waals surface area contributed by atoms with Crippen molar-refractivity contribution in [1.29, 1.82) is 0 Å². The molecule has 0 radical (unpaired) electrons. The van der Waals surface area contributed by atoms with Crippen LogP contribution in [0.25, 0.3) is 11.3 Å². The Kier molecular flexibility index (Phi) is 6.96. The Morgan fingerprint density at radius 2 is 1.59 bits per heavy atom. The largest absolute Gasteiger partial charge is 0.379 e. The summed E-state index contributed by atoms with van der Waals surface area (Å²) < 4.78 is 5.41. The predicted octanol–water partition coefficient (Wildman–Crippen LogP) is 4.25. The number of nitrogens with one attached hydrogen (secondary N) is 1. The number of benzene rings is 2. The molecule has 5 nitrogen and oxygen atoms in total. The molecule has 1 amide bonds. The highest BCUT2D eigenvalue weighted by atomic mass is 16.5. The first-order chi connectivity index (χ1) is 15.6. The second-order valence-electron chi connectivity index (χ2n) is 7.96. The number of pyridine rings is 1. The number of carbonyl (C=O) groups excluding carboxylic acids is 1. The molecule has 2 aromatic carbocycles. The van der Waals surface area contributed by atoms with Crippen molar-refractivity contribution < 1.29 is 9.53 Å². The summed E-state index contributed by atoms with van der Waals surface area (Å²) in [5.74, 6) is 6.94. The van der Waals surface area contributed by atoms with Gasteiger partial charge in [0.1, 0.15) is 5.82 Å². The van der Waals surface area contributed by atoms with Gasteiger partial charge >= 0.3 is 0 Å². The summed E-state index contributed by atoms with van der Waals surface area (Å²) in [5.41, 5.74) is 5.97. The molecule has 0 spiro atoms. The highest BCUT2D eigenvalue weighted by molar-refractivity contribution is 5.88. The first-order valence-electron chi connectivity index (χ1n) is 10.8. The second-order valence-corrected chi connectivity index (χ2v) is 7.96. The minimum Gasteiger partial charge on any atom is -0.379 e. The van der Waals surface area contributed by atoms with E-state index in [1.807, 2.05) is 43.3 Å². The molecular weight excluding hydrogens is 398 g/mol. The first kappa shape index (κ1) is 21.8. The lowest BCUT2D eigenvalue weighted by Gasteiger charge is -2.26. The van der Waals surface area contributed by atoms with Gasteiger partial charge in [-0.25, -0.2) is 4.98 Å². The molecule has 1 N–H and O–H groups in total. The number of hydrogen-bond acceptors (Lipinski definition) is 4. The number of aryl methyl sites for hydroxylation is 1. The van der Waals surface area contributed by atoms with E-state index in [2.05, 4.69) is 51.3 Å². The van der Waals surface area contributed by atoms with Crippen molar-refractivity contribution in [2.45, 2.75) is 20.4 Å². The zero-order valence-electron chi connectivity index (χ0n) is 18.5. The van der Waals surface area contributed by atoms with Gasteiger partial charge in [-0.05, 0) is 48.4 Å². The van der Waals surface area contributed by atoms with Crippen LogP contribution in [-0.4, -0.2) is 42.1 Å². The van der Waals surface area contributed by atoms with Gasteiger partial charge in [0.25, 0.3) is 0 Å². The summed E-state index contributed by atoms with van der Waals surface area (Å²) in [6.45, 7) is 7.98. The molecule has 3 aromatic rings. The standard InChI is InChI=1S/C27H27N3O2/c1-20-3-14-26(29-27(20)28-21(2)31)25-12-10-23(11-13-25)5-4-22-6-8-24(9-7-22)19-30-15-17-32-18-16-30/h3,6-14H,15-19H2,1-2H3,(H,28,29,31). The Morgan fingerprint density at radius 3 is 2.22 bits per heavy atom. The van der Waals surface area contributed by atoms with E-state index in [1.165, 1.54) is 12.5 Å². The Hall–Kier alpha value is -3.46. The molecule has 5 heteroatoms. The van der Waals surface area contributed by atoms with E-state index in [0.29, 0.717) is 5.82 Å². The average Bonchev–Trinajstić information content (AvgIpc) is 2.81. The van der Waals surface area contributed by atoms with Gasteiger partial charge in [0.15, 0.2) is 0 Å². The highest BCUT2D eigenvalue weighted by Crippen LogP contribution is 2.22. The van der Waals surface area contributed by atoms with Gasteiger partial charge < -0.3 is 10.1 Å². The molecule has 1 aliphatic rings. The smallest absolute Gasteiger partial charge is 0.222 e.